The van der Waals surface area contributed by atoms with Gasteiger partial charge in [-0.15, -0.1) is 0 Å². The minimum absolute atomic E-state index is 0.201. The molecule has 110 valence electrons. The van der Waals surface area contributed by atoms with Crippen LogP contribution in [0.2, 0.25) is 0 Å². The molecule has 0 spiro atoms. The van der Waals surface area contributed by atoms with Crippen LogP contribution in [-0.4, -0.2) is 19.1 Å². The Morgan fingerprint density at radius 2 is 2.00 bits per heavy atom. The van der Waals surface area contributed by atoms with Crippen LogP contribution in [0.1, 0.15) is 30.0 Å². The summed E-state index contributed by atoms with van der Waals surface area (Å²) in [5.41, 5.74) is 4.15. The number of anilines is 1. The normalized spacial score (nSPS) is 11.6. The maximum absolute atomic E-state index is 13.3. The molecule has 0 N–H and O–H groups in total. The highest BCUT2D eigenvalue weighted by molar-refractivity contribution is 5.81. The first kappa shape index (κ1) is 15.2. The van der Waals surface area contributed by atoms with E-state index in [1.807, 2.05) is 44.2 Å². The lowest BCUT2D eigenvalue weighted by molar-refractivity contribution is 0.626. The molecule has 1 heterocycles. The molecule has 0 aliphatic rings. The van der Waals surface area contributed by atoms with Gasteiger partial charge in [-0.3, -0.25) is 0 Å². The molecule has 0 saturated heterocycles. The number of nitrogens with zero attached hydrogens (tertiary/aromatic N) is 2. The van der Waals surface area contributed by atoms with E-state index in [0.29, 0.717) is 0 Å². The Hall–Kier alpha value is -2.16. The summed E-state index contributed by atoms with van der Waals surface area (Å²) in [5.74, 6) is 0.721. The van der Waals surface area contributed by atoms with Gasteiger partial charge in [-0.2, -0.15) is 0 Å². The summed E-state index contributed by atoms with van der Waals surface area (Å²) in [6.45, 7) is 4.03. The maximum Gasteiger partial charge on any atom is 0.127 e. The van der Waals surface area contributed by atoms with Crippen molar-refractivity contribution in [2.45, 2.75) is 20.3 Å². The van der Waals surface area contributed by atoms with Crippen molar-refractivity contribution >= 4 is 11.4 Å². The number of halogens is 1. The summed E-state index contributed by atoms with van der Waals surface area (Å²) in [7, 11) is 3.93. The lowest BCUT2D eigenvalue weighted by Gasteiger charge is -2.14. The Labute approximate surface area is 125 Å². The van der Waals surface area contributed by atoms with Gasteiger partial charge in [-0.25, -0.2) is 9.37 Å². The molecular formula is C18H21FN2. The fraction of sp³-hybridized carbons (Fsp3) is 0.278. The minimum atomic E-state index is -0.201. The topological polar surface area (TPSA) is 16.1 Å². The Balaban J connectivity index is 2.46. The number of aryl methyl sites for hydroxylation is 1. The van der Waals surface area contributed by atoms with Crippen molar-refractivity contribution in [2.24, 2.45) is 0 Å². The summed E-state index contributed by atoms with van der Waals surface area (Å²) in [5, 5.41) is 0. The monoisotopic (exact) mass is 284 g/mol. The first-order valence-electron chi connectivity index (χ1n) is 7.13. The van der Waals surface area contributed by atoms with E-state index in [-0.39, 0.29) is 5.82 Å². The minimum Gasteiger partial charge on any atom is -0.363 e. The Bertz CT molecular complexity index is 643. The van der Waals surface area contributed by atoms with Crippen molar-refractivity contribution in [2.75, 3.05) is 19.0 Å². The summed E-state index contributed by atoms with van der Waals surface area (Å²) < 4.78 is 13.3. The van der Waals surface area contributed by atoms with Gasteiger partial charge in [0, 0.05) is 25.9 Å². The van der Waals surface area contributed by atoms with Crippen molar-refractivity contribution in [3.05, 3.63) is 65.1 Å². The largest absolute Gasteiger partial charge is 0.363 e. The standard InChI is InChI=1S/C18H21FN2/c1-5-6-17(16-9-8-15(19)11-13(16)2)14-7-10-18(20-12-14)21(3)4/h6-12H,5H2,1-4H3/b17-6-. The van der Waals surface area contributed by atoms with Gasteiger partial charge < -0.3 is 4.90 Å². The summed E-state index contributed by atoms with van der Waals surface area (Å²) in [6.07, 6.45) is 4.95. The van der Waals surface area contributed by atoms with Gasteiger partial charge in [-0.1, -0.05) is 19.1 Å². The van der Waals surface area contributed by atoms with Crippen molar-refractivity contribution in [1.82, 2.24) is 4.98 Å². The molecule has 0 aliphatic carbocycles. The second kappa shape index (κ2) is 6.53. The summed E-state index contributed by atoms with van der Waals surface area (Å²) in [4.78, 5) is 6.43. The molecule has 0 unspecified atom stereocenters. The predicted octanol–water partition coefficient (Wildman–Crippen LogP) is 4.44. The molecule has 0 fully saturated rings. The number of hydrogen-bond donors (Lipinski definition) is 0. The van der Waals surface area contributed by atoms with Crippen LogP contribution >= 0.6 is 0 Å². The molecule has 21 heavy (non-hydrogen) atoms. The molecular weight excluding hydrogens is 263 g/mol. The van der Waals surface area contributed by atoms with E-state index in [4.69, 9.17) is 0 Å². The smallest absolute Gasteiger partial charge is 0.127 e. The average molecular weight is 284 g/mol. The highest BCUT2D eigenvalue weighted by Crippen LogP contribution is 2.27. The first-order chi connectivity index (χ1) is 10.0. The van der Waals surface area contributed by atoms with Crippen molar-refractivity contribution < 1.29 is 4.39 Å². The Kier molecular flexibility index (Phi) is 4.73. The molecule has 0 saturated carbocycles. The summed E-state index contributed by atoms with van der Waals surface area (Å²) in [6, 6.07) is 8.98. The van der Waals surface area contributed by atoms with Gasteiger partial charge in [0.25, 0.3) is 0 Å². The molecule has 2 rings (SSSR count). The third-order valence-corrected chi connectivity index (χ3v) is 3.40. The Morgan fingerprint density at radius 1 is 1.24 bits per heavy atom. The van der Waals surface area contributed by atoms with Gasteiger partial charge in [0.2, 0.25) is 0 Å². The lowest BCUT2D eigenvalue weighted by atomic mass is 9.94. The van der Waals surface area contributed by atoms with E-state index in [0.717, 1.165) is 34.5 Å². The second-order valence-electron chi connectivity index (χ2n) is 5.28. The molecule has 3 heteroatoms. The van der Waals surface area contributed by atoms with E-state index in [1.165, 1.54) is 6.07 Å². The second-order valence-corrected chi connectivity index (χ2v) is 5.28. The quantitative estimate of drug-likeness (QED) is 0.825. The zero-order chi connectivity index (χ0) is 15.4. The molecule has 2 aromatic rings. The van der Waals surface area contributed by atoms with E-state index in [9.17, 15) is 4.39 Å². The molecule has 2 nitrogen and oxygen atoms in total. The molecule has 0 amide bonds. The molecule has 1 aromatic heterocycles. The van der Waals surface area contributed by atoms with Gasteiger partial charge >= 0.3 is 0 Å². The number of allylic oxidation sites excluding steroid dienone is 1. The number of hydrogen-bond acceptors (Lipinski definition) is 2. The van der Waals surface area contributed by atoms with Crippen LogP contribution in [0.3, 0.4) is 0 Å². The van der Waals surface area contributed by atoms with Crippen LogP contribution in [0.25, 0.3) is 5.57 Å². The number of benzene rings is 1. The zero-order valence-electron chi connectivity index (χ0n) is 13.0. The fourth-order valence-electron chi connectivity index (χ4n) is 2.33. The third-order valence-electron chi connectivity index (χ3n) is 3.40. The number of pyridine rings is 1. The van der Waals surface area contributed by atoms with Gasteiger partial charge in [0.1, 0.15) is 11.6 Å². The molecule has 0 bridgehead atoms. The van der Waals surface area contributed by atoms with Gasteiger partial charge in [-0.05, 0) is 54.3 Å². The van der Waals surface area contributed by atoms with E-state index >= 15 is 0 Å². The van der Waals surface area contributed by atoms with Crippen LogP contribution in [0.15, 0.2) is 42.6 Å². The van der Waals surface area contributed by atoms with Crippen molar-refractivity contribution in [3.63, 3.8) is 0 Å². The van der Waals surface area contributed by atoms with Gasteiger partial charge in [0.05, 0.1) is 0 Å². The average Bonchev–Trinajstić information content (AvgIpc) is 2.46. The van der Waals surface area contributed by atoms with E-state index in [1.54, 1.807) is 6.07 Å². The molecule has 1 aromatic carbocycles. The highest BCUT2D eigenvalue weighted by Gasteiger charge is 2.09. The third kappa shape index (κ3) is 3.48. The van der Waals surface area contributed by atoms with Crippen LogP contribution < -0.4 is 4.90 Å². The molecule has 0 aliphatic heterocycles. The predicted molar refractivity (Wildman–Crippen MR) is 87.1 cm³/mol. The van der Waals surface area contributed by atoms with E-state index < -0.39 is 0 Å². The van der Waals surface area contributed by atoms with Crippen LogP contribution in [0.5, 0.6) is 0 Å². The van der Waals surface area contributed by atoms with Crippen LogP contribution in [0, 0.1) is 12.7 Å². The van der Waals surface area contributed by atoms with Crippen molar-refractivity contribution in [1.29, 1.82) is 0 Å². The highest BCUT2D eigenvalue weighted by atomic mass is 19.1. The maximum atomic E-state index is 13.3. The summed E-state index contributed by atoms with van der Waals surface area (Å²) >= 11 is 0. The van der Waals surface area contributed by atoms with Crippen LogP contribution in [-0.2, 0) is 0 Å². The van der Waals surface area contributed by atoms with Crippen LogP contribution in [0.4, 0.5) is 10.2 Å². The zero-order valence-corrected chi connectivity index (χ0v) is 13.0. The fourth-order valence-corrected chi connectivity index (χ4v) is 2.33. The van der Waals surface area contributed by atoms with Crippen molar-refractivity contribution in [3.8, 4) is 0 Å². The number of aromatic nitrogens is 1. The van der Waals surface area contributed by atoms with E-state index in [2.05, 4.69) is 24.1 Å². The lowest BCUT2D eigenvalue weighted by Crippen LogP contribution is -2.10. The van der Waals surface area contributed by atoms with Gasteiger partial charge in [0.15, 0.2) is 0 Å². The molecule has 0 radical (unpaired) electrons. The first-order valence-corrected chi connectivity index (χ1v) is 7.13. The Morgan fingerprint density at radius 3 is 2.52 bits per heavy atom. The number of rotatable bonds is 4. The SMILES string of the molecule is CC/C=C(/c1ccc(N(C)C)nc1)c1ccc(F)cc1C. The molecule has 0 atom stereocenters.